The molecule has 2 aromatic carbocycles. The van der Waals surface area contributed by atoms with Crippen LogP contribution in [0.1, 0.15) is 46.5 Å². The van der Waals surface area contributed by atoms with Crippen LogP contribution in [0.5, 0.6) is 0 Å². The molecule has 2 aromatic rings. The van der Waals surface area contributed by atoms with Crippen molar-refractivity contribution >= 4 is 23.2 Å². The summed E-state index contributed by atoms with van der Waals surface area (Å²) in [4.78, 5) is 39.7. The van der Waals surface area contributed by atoms with Gasteiger partial charge >= 0.3 is 0 Å². The van der Waals surface area contributed by atoms with Gasteiger partial charge < -0.3 is 10.2 Å². The number of carbonyl (C=O) groups is 3. The number of hydrogen-bond donors (Lipinski definition) is 1. The van der Waals surface area contributed by atoms with Gasteiger partial charge in [0.05, 0.1) is 5.69 Å². The van der Waals surface area contributed by atoms with Gasteiger partial charge in [-0.3, -0.25) is 14.4 Å². The third-order valence-electron chi connectivity index (χ3n) is 5.43. The van der Waals surface area contributed by atoms with E-state index in [1.165, 1.54) is 0 Å². The number of ketones is 2. The predicted molar refractivity (Wildman–Crippen MR) is 119 cm³/mol. The number of carbonyl (C=O) groups excluding carboxylic acids is 3. The highest BCUT2D eigenvalue weighted by Gasteiger charge is 2.34. The zero-order valence-corrected chi connectivity index (χ0v) is 18.0. The molecule has 0 spiro atoms. The lowest BCUT2D eigenvalue weighted by Crippen LogP contribution is -2.35. The van der Waals surface area contributed by atoms with Gasteiger partial charge in [0.2, 0.25) is 0 Å². The van der Waals surface area contributed by atoms with Crippen molar-refractivity contribution in [3.05, 3.63) is 65.2 Å². The summed E-state index contributed by atoms with van der Waals surface area (Å²) in [5.41, 5.74) is 2.13. The molecule has 31 heavy (non-hydrogen) atoms. The summed E-state index contributed by atoms with van der Waals surface area (Å²) in [6, 6.07) is 12.6. The Balaban J connectivity index is 1.61. The first kappa shape index (κ1) is 22.5. The Bertz CT molecular complexity index is 982. The minimum atomic E-state index is -1.13. The van der Waals surface area contributed by atoms with Crippen LogP contribution >= 0.6 is 0 Å². The van der Waals surface area contributed by atoms with Gasteiger partial charge in [-0.2, -0.15) is 10.2 Å². The highest BCUT2D eigenvalue weighted by Crippen LogP contribution is 2.23. The predicted octanol–water partition coefficient (Wildman–Crippen LogP) is 3.61. The standard InChI is InChI=1S/C24H28N4O3/c1-3-28(4-2)14-8-13-25-24(31)18-10-7-11-19(15-18)26-27-22-21(29)16-17-9-5-6-12-20(17)23(22)30/h5-7,9-12,15,22H,3-4,8,13-14,16H2,1-2H3,(H,25,31). The summed E-state index contributed by atoms with van der Waals surface area (Å²) in [6.07, 6.45) is 1.04. The van der Waals surface area contributed by atoms with Gasteiger partial charge in [0.1, 0.15) is 0 Å². The zero-order valence-electron chi connectivity index (χ0n) is 18.0. The van der Waals surface area contributed by atoms with Crippen molar-refractivity contribution in [3.8, 4) is 0 Å². The first-order valence-electron chi connectivity index (χ1n) is 10.7. The molecule has 162 valence electrons. The van der Waals surface area contributed by atoms with E-state index in [2.05, 4.69) is 34.3 Å². The summed E-state index contributed by atoms with van der Waals surface area (Å²) >= 11 is 0. The number of nitrogens with zero attached hydrogens (tertiary/aromatic N) is 3. The lowest BCUT2D eigenvalue weighted by molar-refractivity contribution is -0.118. The van der Waals surface area contributed by atoms with Gasteiger partial charge in [-0.15, -0.1) is 0 Å². The fraction of sp³-hybridized carbons (Fsp3) is 0.375. The van der Waals surface area contributed by atoms with Crippen molar-refractivity contribution in [2.45, 2.75) is 32.7 Å². The van der Waals surface area contributed by atoms with E-state index in [9.17, 15) is 14.4 Å². The van der Waals surface area contributed by atoms with E-state index in [-0.39, 0.29) is 23.9 Å². The molecule has 0 heterocycles. The van der Waals surface area contributed by atoms with Crippen LogP contribution in [0.3, 0.4) is 0 Å². The molecule has 0 aliphatic heterocycles. The summed E-state index contributed by atoms with van der Waals surface area (Å²) in [7, 11) is 0. The van der Waals surface area contributed by atoms with Crippen LogP contribution in [-0.2, 0) is 11.2 Å². The number of Topliss-reactive ketones (excluding diaryl/α,β-unsaturated/α-hetero) is 2. The Morgan fingerprint density at radius 3 is 2.65 bits per heavy atom. The number of amides is 1. The number of hydrogen-bond acceptors (Lipinski definition) is 6. The molecule has 0 bridgehead atoms. The van der Waals surface area contributed by atoms with Gasteiger partial charge in [-0.25, -0.2) is 0 Å². The van der Waals surface area contributed by atoms with Gasteiger partial charge in [0.15, 0.2) is 17.6 Å². The summed E-state index contributed by atoms with van der Waals surface area (Å²) in [5.74, 6) is -0.789. The summed E-state index contributed by atoms with van der Waals surface area (Å²) in [5, 5.41) is 11.0. The van der Waals surface area contributed by atoms with E-state index in [1.807, 2.05) is 0 Å². The minimum Gasteiger partial charge on any atom is -0.352 e. The Morgan fingerprint density at radius 2 is 1.87 bits per heavy atom. The minimum absolute atomic E-state index is 0.168. The van der Waals surface area contributed by atoms with E-state index in [0.29, 0.717) is 23.4 Å². The Hall–Kier alpha value is -3.19. The van der Waals surface area contributed by atoms with Crippen LogP contribution in [0.2, 0.25) is 0 Å². The van der Waals surface area contributed by atoms with E-state index >= 15 is 0 Å². The molecule has 0 aromatic heterocycles. The van der Waals surface area contributed by atoms with Gasteiger partial charge in [-0.05, 0) is 49.8 Å². The molecular weight excluding hydrogens is 392 g/mol. The molecule has 1 N–H and O–H groups in total. The maximum absolute atomic E-state index is 12.6. The van der Waals surface area contributed by atoms with Crippen molar-refractivity contribution in [2.75, 3.05) is 26.2 Å². The number of benzene rings is 2. The lowest BCUT2D eigenvalue weighted by atomic mass is 9.87. The van der Waals surface area contributed by atoms with Crippen LogP contribution < -0.4 is 5.32 Å². The van der Waals surface area contributed by atoms with Crippen LogP contribution in [0.15, 0.2) is 58.8 Å². The molecular formula is C24H28N4O3. The van der Waals surface area contributed by atoms with Gasteiger partial charge in [-0.1, -0.05) is 44.2 Å². The molecule has 1 aliphatic carbocycles. The average Bonchev–Trinajstić information content (AvgIpc) is 2.79. The average molecular weight is 421 g/mol. The van der Waals surface area contributed by atoms with E-state index < -0.39 is 6.04 Å². The third-order valence-corrected chi connectivity index (χ3v) is 5.43. The molecule has 7 nitrogen and oxygen atoms in total. The fourth-order valence-corrected chi connectivity index (χ4v) is 3.59. The first-order valence-corrected chi connectivity index (χ1v) is 10.7. The molecule has 1 atom stereocenters. The van der Waals surface area contributed by atoms with Crippen LogP contribution in [0, 0.1) is 0 Å². The molecule has 7 heteroatoms. The van der Waals surface area contributed by atoms with E-state index in [4.69, 9.17) is 0 Å². The zero-order chi connectivity index (χ0) is 22.2. The second kappa shape index (κ2) is 10.7. The quantitative estimate of drug-likeness (QED) is 0.381. The first-order chi connectivity index (χ1) is 15.0. The Morgan fingerprint density at radius 1 is 1.10 bits per heavy atom. The molecule has 1 unspecified atom stereocenters. The second-order valence-electron chi connectivity index (χ2n) is 7.47. The maximum Gasteiger partial charge on any atom is 0.251 e. The molecule has 0 fully saturated rings. The molecule has 3 rings (SSSR count). The van der Waals surface area contributed by atoms with Crippen LogP contribution in [-0.4, -0.2) is 54.6 Å². The Labute approximate surface area is 182 Å². The smallest absolute Gasteiger partial charge is 0.251 e. The number of nitrogens with one attached hydrogen (secondary N) is 1. The molecule has 1 amide bonds. The highest BCUT2D eigenvalue weighted by atomic mass is 16.2. The maximum atomic E-state index is 12.6. The topological polar surface area (TPSA) is 91.2 Å². The van der Waals surface area contributed by atoms with Crippen LogP contribution in [0.4, 0.5) is 5.69 Å². The van der Waals surface area contributed by atoms with Crippen molar-refractivity contribution in [2.24, 2.45) is 10.2 Å². The molecule has 1 aliphatic rings. The number of fused-ring (bicyclic) bond motifs is 1. The van der Waals surface area contributed by atoms with Crippen molar-refractivity contribution < 1.29 is 14.4 Å². The van der Waals surface area contributed by atoms with Gasteiger partial charge in [0.25, 0.3) is 5.91 Å². The molecule has 0 radical (unpaired) electrons. The summed E-state index contributed by atoms with van der Waals surface area (Å²) in [6.45, 7) is 7.76. The Kier molecular flexibility index (Phi) is 7.78. The summed E-state index contributed by atoms with van der Waals surface area (Å²) < 4.78 is 0. The lowest BCUT2D eigenvalue weighted by Gasteiger charge is -2.18. The van der Waals surface area contributed by atoms with Crippen LogP contribution in [0.25, 0.3) is 0 Å². The third kappa shape index (κ3) is 5.70. The van der Waals surface area contributed by atoms with Crippen molar-refractivity contribution in [1.82, 2.24) is 10.2 Å². The monoisotopic (exact) mass is 420 g/mol. The normalized spacial score (nSPS) is 16.0. The van der Waals surface area contributed by atoms with Crippen molar-refractivity contribution in [1.29, 1.82) is 0 Å². The SMILES string of the molecule is CCN(CC)CCCNC(=O)c1cccc(N=NC2C(=O)Cc3ccccc3C2=O)c1. The van der Waals surface area contributed by atoms with E-state index in [0.717, 1.165) is 31.6 Å². The number of rotatable bonds is 9. The fourth-order valence-electron chi connectivity index (χ4n) is 3.59. The van der Waals surface area contributed by atoms with Gasteiger partial charge in [0, 0.05) is 24.1 Å². The molecule has 0 saturated heterocycles. The van der Waals surface area contributed by atoms with E-state index in [1.54, 1.807) is 48.5 Å². The highest BCUT2D eigenvalue weighted by molar-refractivity contribution is 6.18. The number of azo groups is 1. The second-order valence-corrected chi connectivity index (χ2v) is 7.47. The van der Waals surface area contributed by atoms with Crippen molar-refractivity contribution in [3.63, 3.8) is 0 Å². The molecule has 0 saturated carbocycles. The largest absolute Gasteiger partial charge is 0.352 e.